The molecular formula is C27H33N3O4. The SMILES string of the molecule is O=C1CCCN1CCOc1ccc2c(c1)OCCN(CCCN1CCc3ccccc3C1)C2=O. The van der Waals surface area contributed by atoms with Gasteiger partial charge in [0.2, 0.25) is 5.91 Å². The second-order valence-electron chi connectivity index (χ2n) is 9.28. The maximum Gasteiger partial charge on any atom is 0.257 e. The summed E-state index contributed by atoms with van der Waals surface area (Å²) in [5.41, 5.74) is 3.47. The Morgan fingerprint density at radius 2 is 1.76 bits per heavy atom. The lowest BCUT2D eigenvalue weighted by molar-refractivity contribution is -0.128. The lowest BCUT2D eigenvalue weighted by atomic mass is 10.00. The molecule has 34 heavy (non-hydrogen) atoms. The lowest BCUT2D eigenvalue weighted by Crippen LogP contribution is -2.36. The van der Waals surface area contributed by atoms with Gasteiger partial charge >= 0.3 is 0 Å². The highest BCUT2D eigenvalue weighted by molar-refractivity contribution is 5.97. The largest absolute Gasteiger partial charge is 0.492 e. The summed E-state index contributed by atoms with van der Waals surface area (Å²) in [5, 5.41) is 0. The van der Waals surface area contributed by atoms with Crippen molar-refractivity contribution in [2.75, 3.05) is 52.5 Å². The zero-order chi connectivity index (χ0) is 23.3. The average Bonchev–Trinajstić information content (AvgIpc) is 3.20. The second kappa shape index (κ2) is 10.5. The van der Waals surface area contributed by atoms with Crippen molar-refractivity contribution in [2.45, 2.75) is 32.2 Å². The fraction of sp³-hybridized carbons (Fsp3) is 0.481. The fourth-order valence-electron chi connectivity index (χ4n) is 5.08. The molecule has 0 spiro atoms. The van der Waals surface area contributed by atoms with Crippen LogP contribution < -0.4 is 9.47 Å². The number of ether oxygens (including phenoxy) is 2. The van der Waals surface area contributed by atoms with E-state index in [9.17, 15) is 9.59 Å². The third kappa shape index (κ3) is 5.20. The molecule has 3 aliphatic heterocycles. The van der Waals surface area contributed by atoms with Crippen molar-refractivity contribution >= 4 is 11.8 Å². The van der Waals surface area contributed by atoms with Gasteiger partial charge in [-0.05, 0) is 42.5 Å². The zero-order valence-corrected chi connectivity index (χ0v) is 19.7. The Hall–Kier alpha value is -3.06. The minimum Gasteiger partial charge on any atom is -0.492 e. The Labute approximate surface area is 201 Å². The van der Waals surface area contributed by atoms with E-state index in [1.165, 1.54) is 11.1 Å². The van der Waals surface area contributed by atoms with Crippen molar-refractivity contribution in [1.29, 1.82) is 0 Å². The summed E-state index contributed by atoms with van der Waals surface area (Å²) in [7, 11) is 0. The van der Waals surface area contributed by atoms with E-state index in [1.54, 1.807) is 12.1 Å². The molecule has 0 bridgehead atoms. The number of likely N-dealkylation sites (tertiary alicyclic amines) is 1. The molecule has 0 radical (unpaired) electrons. The number of rotatable bonds is 8. The summed E-state index contributed by atoms with van der Waals surface area (Å²) in [6, 6.07) is 14.1. The van der Waals surface area contributed by atoms with Crippen LogP contribution in [-0.4, -0.2) is 79.0 Å². The minimum atomic E-state index is 0.0192. The number of nitrogens with zero attached hydrogens (tertiary/aromatic N) is 3. The Kier molecular flexibility index (Phi) is 7.00. The van der Waals surface area contributed by atoms with E-state index in [4.69, 9.17) is 9.47 Å². The smallest absolute Gasteiger partial charge is 0.257 e. The van der Waals surface area contributed by atoms with Crippen LogP contribution in [0.15, 0.2) is 42.5 Å². The van der Waals surface area contributed by atoms with Gasteiger partial charge < -0.3 is 19.3 Å². The Morgan fingerprint density at radius 1 is 0.882 bits per heavy atom. The molecule has 2 amide bonds. The first-order valence-electron chi connectivity index (χ1n) is 12.4. The minimum absolute atomic E-state index is 0.0192. The Bertz CT molecular complexity index is 1040. The standard InChI is InChI=1S/C27H33N3O4/c31-26-7-3-12-29(26)15-17-33-23-8-9-24-25(19-23)34-18-16-30(27(24)32)13-4-11-28-14-10-21-5-1-2-6-22(21)20-28/h1-2,5-6,8-9,19H,3-4,7,10-18,20H2. The summed E-state index contributed by atoms with van der Waals surface area (Å²) in [5.74, 6) is 1.46. The molecule has 2 aromatic carbocycles. The molecule has 0 aromatic heterocycles. The first kappa shape index (κ1) is 22.7. The molecule has 180 valence electrons. The molecule has 3 aliphatic rings. The average molecular weight is 464 g/mol. The quantitative estimate of drug-likeness (QED) is 0.602. The van der Waals surface area contributed by atoms with Crippen molar-refractivity contribution in [1.82, 2.24) is 14.7 Å². The van der Waals surface area contributed by atoms with E-state index in [0.29, 0.717) is 49.8 Å². The van der Waals surface area contributed by atoms with E-state index in [1.807, 2.05) is 15.9 Å². The highest BCUT2D eigenvalue weighted by atomic mass is 16.5. The second-order valence-corrected chi connectivity index (χ2v) is 9.28. The van der Waals surface area contributed by atoms with Gasteiger partial charge in [-0.25, -0.2) is 0 Å². The molecule has 1 fully saturated rings. The first-order valence-corrected chi connectivity index (χ1v) is 12.4. The van der Waals surface area contributed by atoms with Crippen molar-refractivity contribution in [3.8, 4) is 11.5 Å². The van der Waals surface area contributed by atoms with Crippen molar-refractivity contribution in [3.63, 3.8) is 0 Å². The molecule has 5 rings (SSSR count). The van der Waals surface area contributed by atoms with Crippen LogP contribution in [0.1, 0.15) is 40.7 Å². The third-order valence-corrected chi connectivity index (χ3v) is 7.00. The van der Waals surface area contributed by atoms with Crippen LogP contribution in [-0.2, 0) is 17.8 Å². The molecule has 7 nitrogen and oxygen atoms in total. The molecule has 0 N–H and O–H groups in total. The molecule has 0 aliphatic carbocycles. The summed E-state index contributed by atoms with van der Waals surface area (Å²) in [6.07, 6.45) is 3.60. The number of benzene rings is 2. The molecule has 7 heteroatoms. The van der Waals surface area contributed by atoms with Gasteiger partial charge in [-0.3, -0.25) is 14.5 Å². The molecule has 1 saturated heterocycles. The number of carbonyl (C=O) groups is 2. The van der Waals surface area contributed by atoms with Gasteiger partial charge in [-0.1, -0.05) is 24.3 Å². The van der Waals surface area contributed by atoms with Crippen molar-refractivity contribution in [2.24, 2.45) is 0 Å². The number of amides is 2. The molecule has 0 saturated carbocycles. The van der Waals surface area contributed by atoms with E-state index < -0.39 is 0 Å². The zero-order valence-electron chi connectivity index (χ0n) is 19.7. The van der Waals surface area contributed by atoms with Gasteiger partial charge in [-0.2, -0.15) is 0 Å². The van der Waals surface area contributed by atoms with E-state index in [2.05, 4.69) is 29.2 Å². The van der Waals surface area contributed by atoms with Gasteiger partial charge in [0.15, 0.2) is 0 Å². The first-order chi connectivity index (χ1) is 16.7. The predicted octanol–water partition coefficient (Wildman–Crippen LogP) is 2.97. The summed E-state index contributed by atoms with van der Waals surface area (Å²) in [6.45, 7) is 6.67. The fourth-order valence-corrected chi connectivity index (χ4v) is 5.08. The highest BCUT2D eigenvalue weighted by Gasteiger charge is 2.25. The van der Waals surface area contributed by atoms with Crippen LogP contribution >= 0.6 is 0 Å². The van der Waals surface area contributed by atoms with Gasteiger partial charge in [0.05, 0.1) is 18.7 Å². The number of hydrogen-bond acceptors (Lipinski definition) is 5. The normalized spacial score (nSPS) is 18.4. The van der Waals surface area contributed by atoms with Gasteiger partial charge in [0.1, 0.15) is 24.7 Å². The molecule has 0 unspecified atom stereocenters. The summed E-state index contributed by atoms with van der Waals surface area (Å²) in [4.78, 5) is 31.1. The van der Waals surface area contributed by atoms with Crippen molar-refractivity contribution in [3.05, 3.63) is 59.2 Å². The predicted molar refractivity (Wildman–Crippen MR) is 129 cm³/mol. The monoisotopic (exact) mass is 463 g/mol. The molecule has 2 aromatic rings. The highest BCUT2D eigenvalue weighted by Crippen LogP contribution is 2.28. The van der Waals surface area contributed by atoms with Crippen LogP contribution in [0.4, 0.5) is 0 Å². The Balaban J connectivity index is 1.12. The number of fused-ring (bicyclic) bond motifs is 2. The van der Waals surface area contributed by atoms with Gasteiger partial charge in [0.25, 0.3) is 5.91 Å². The van der Waals surface area contributed by atoms with E-state index in [-0.39, 0.29) is 11.8 Å². The van der Waals surface area contributed by atoms with Crippen LogP contribution in [0.5, 0.6) is 11.5 Å². The summed E-state index contributed by atoms with van der Waals surface area (Å²) < 4.78 is 11.7. The number of hydrogen-bond donors (Lipinski definition) is 0. The van der Waals surface area contributed by atoms with E-state index >= 15 is 0 Å². The maximum atomic E-state index is 13.2. The number of carbonyl (C=O) groups excluding carboxylic acids is 2. The van der Waals surface area contributed by atoms with Crippen molar-refractivity contribution < 1.29 is 19.1 Å². The third-order valence-electron chi connectivity index (χ3n) is 7.00. The van der Waals surface area contributed by atoms with Crippen LogP contribution in [0.2, 0.25) is 0 Å². The van der Waals surface area contributed by atoms with Gasteiger partial charge in [0, 0.05) is 45.2 Å². The summed E-state index contributed by atoms with van der Waals surface area (Å²) >= 11 is 0. The van der Waals surface area contributed by atoms with Crippen LogP contribution in [0.3, 0.4) is 0 Å². The topological polar surface area (TPSA) is 62.3 Å². The molecular weight excluding hydrogens is 430 g/mol. The molecule has 3 heterocycles. The van der Waals surface area contributed by atoms with Gasteiger partial charge in [-0.15, -0.1) is 0 Å². The van der Waals surface area contributed by atoms with E-state index in [0.717, 1.165) is 52.0 Å². The maximum absolute atomic E-state index is 13.2. The lowest BCUT2D eigenvalue weighted by Gasteiger charge is -2.29. The van der Waals surface area contributed by atoms with Crippen LogP contribution in [0.25, 0.3) is 0 Å². The molecule has 0 atom stereocenters. The van der Waals surface area contributed by atoms with Crippen LogP contribution in [0, 0.1) is 0 Å². The Morgan fingerprint density at radius 3 is 2.62 bits per heavy atom.